The van der Waals surface area contributed by atoms with Crippen molar-refractivity contribution in [3.63, 3.8) is 0 Å². The van der Waals surface area contributed by atoms with Crippen LogP contribution in [0.4, 0.5) is 0 Å². The molecule has 0 bridgehead atoms. The molecule has 0 aliphatic carbocycles. The fourth-order valence-corrected chi connectivity index (χ4v) is 1.08. The molecular weight excluding hydrogens is 212 g/mol. The molecule has 3 nitrogen and oxygen atoms in total. The van der Waals surface area contributed by atoms with Gasteiger partial charge < -0.3 is 10.2 Å². The van der Waals surface area contributed by atoms with Crippen molar-refractivity contribution in [1.29, 1.82) is 0 Å². The van der Waals surface area contributed by atoms with E-state index >= 15 is 0 Å². The maximum Gasteiger partial charge on any atom is 0.219 e. The van der Waals surface area contributed by atoms with Crippen LogP contribution in [0.1, 0.15) is 53.4 Å². The Morgan fingerprint density at radius 2 is 1.65 bits per heavy atom. The monoisotopic (exact) mass is 244 g/mol. The van der Waals surface area contributed by atoms with Crippen LogP contribution in [0.15, 0.2) is 0 Å². The van der Waals surface area contributed by atoms with Crippen molar-refractivity contribution in [2.75, 3.05) is 27.2 Å². The van der Waals surface area contributed by atoms with Crippen molar-refractivity contribution in [3.05, 3.63) is 0 Å². The summed E-state index contributed by atoms with van der Waals surface area (Å²) in [5, 5.41) is 2.87. The van der Waals surface area contributed by atoms with Crippen LogP contribution in [0.25, 0.3) is 0 Å². The highest BCUT2D eigenvalue weighted by Gasteiger charge is 1.95. The smallest absolute Gasteiger partial charge is 0.219 e. The number of hydrogen-bond acceptors (Lipinski definition) is 2. The topological polar surface area (TPSA) is 32.3 Å². The third kappa shape index (κ3) is 25.6. The van der Waals surface area contributed by atoms with E-state index in [1.807, 2.05) is 6.92 Å². The second-order valence-corrected chi connectivity index (χ2v) is 5.30. The molecule has 104 valence electrons. The Kier molecular flexibility index (Phi) is 14.9. The van der Waals surface area contributed by atoms with E-state index in [1.165, 1.54) is 12.8 Å². The average Bonchev–Trinajstić information content (AvgIpc) is 2.21. The number of nitrogens with one attached hydrogen (secondary N) is 1. The molecule has 0 aromatic heterocycles. The summed E-state index contributed by atoms with van der Waals surface area (Å²) in [6.07, 6.45) is 4.11. The van der Waals surface area contributed by atoms with Gasteiger partial charge in [-0.1, -0.05) is 34.1 Å². The van der Waals surface area contributed by atoms with Crippen molar-refractivity contribution < 1.29 is 4.79 Å². The first kappa shape index (κ1) is 18.8. The largest absolute Gasteiger partial charge is 0.356 e. The second-order valence-electron chi connectivity index (χ2n) is 5.30. The average molecular weight is 244 g/mol. The van der Waals surface area contributed by atoms with Crippen LogP contribution in [0.3, 0.4) is 0 Å². The minimum absolute atomic E-state index is 0.160. The van der Waals surface area contributed by atoms with E-state index in [-0.39, 0.29) is 5.91 Å². The first-order valence-corrected chi connectivity index (χ1v) is 6.81. The number of carbonyl (C=O) groups is 1. The van der Waals surface area contributed by atoms with E-state index in [1.54, 1.807) is 0 Å². The van der Waals surface area contributed by atoms with Crippen molar-refractivity contribution in [3.8, 4) is 0 Å². The summed E-state index contributed by atoms with van der Waals surface area (Å²) in [7, 11) is 4.16. The lowest BCUT2D eigenvalue weighted by atomic mass is 10.2. The van der Waals surface area contributed by atoms with Gasteiger partial charge in [-0.25, -0.2) is 0 Å². The zero-order chi connectivity index (χ0) is 13.7. The van der Waals surface area contributed by atoms with E-state index in [4.69, 9.17) is 0 Å². The Labute approximate surface area is 108 Å². The minimum atomic E-state index is 0.160. The van der Waals surface area contributed by atoms with Gasteiger partial charge in [0.25, 0.3) is 0 Å². The molecule has 0 aliphatic rings. The molecular formula is C14H32N2O. The molecule has 0 heterocycles. The van der Waals surface area contributed by atoms with E-state index in [0.717, 1.165) is 25.4 Å². The first-order valence-electron chi connectivity index (χ1n) is 6.81. The zero-order valence-electron chi connectivity index (χ0n) is 12.7. The summed E-state index contributed by atoms with van der Waals surface area (Å²) in [6.45, 7) is 10.4. The molecule has 0 unspecified atom stereocenters. The molecule has 0 atom stereocenters. The van der Waals surface area contributed by atoms with Crippen molar-refractivity contribution in [1.82, 2.24) is 10.2 Å². The number of carbonyl (C=O) groups excluding carboxylic acids is 1. The van der Waals surface area contributed by atoms with Crippen LogP contribution >= 0.6 is 0 Å². The Balaban J connectivity index is 0. The number of unbranched alkanes of at least 4 members (excludes halogenated alkanes) is 2. The summed E-state index contributed by atoms with van der Waals surface area (Å²) < 4.78 is 0. The minimum Gasteiger partial charge on any atom is -0.356 e. The number of nitrogens with zero attached hydrogens (tertiary/aromatic N) is 1. The van der Waals surface area contributed by atoms with Gasteiger partial charge in [0.1, 0.15) is 0 Å². The summed E-state index contributed by atoms with van der Waals surface area (Å²) in [4.78, 5) is 13.0. The van der Waals surface area contributed by atoms with Crippen molar-refractivity contribution in [2.45, 2.75) is 53.4 Å². The molecule has 0 saturated heterocycles. The number of rotatable bonds is 7. The fourth-order valence-electron chi connectivity index (χ4n) is 1.08. The zero-order valence-corrected chi connectivity index (χ0v) is 12.7. The summed E-state index contributed by atoms with van der Waals surface area (Å²) in [6, 6.07) is 0. The lowest BCUT2D eigenvalue weighted by Gasteiger charge is -2.08. The first-order chi connectivity index (χ1) is 7.90. The molecule has 1 N–H and O–H groups in total. The highest BCUT2D eigenvalue weighted by atomic mass is 16.1. The van der Waals surface area contributed by atoms with E-state index in [9.17, 15) is 4.79 Å². The highest BCUT2D eigenvalue weighted by molar-refractivity contribution is 5.75. The van der Waals surface area contributed by atoms with Gasteiger partial charge in [0.05, 0.1) is 0 Å². The Morgan fingerprint density at radius 3 is 2.06 bits per heavy atom. The number of hydrogen-bond donors (Lipinski definition) is 1. The predicted octanol–water partition coefficient (Wildman–Crippen LogP) is 2.91. The third-order valence-electron chi connectivity index (χ3n) is 1.93. The quantitative estimate of drug-likeness (QED) is 0.698. The van der Waals surface area contributed by atoms with Gasteiger partial charge in [-0.2, -0.15) is 0 Å². The number of amides is 1. The van der Waals surface area contributed by atoms with E-state index in [0.29, 0.717) is 6.42 Å². The summed E-state index contributed by atoms with van der Waals surface area (Å²) in [5.74, 6) is 0.993. The fraction of sp³-hybridized carbons (Fsp3) is 0.929. The molecule has 0 radical (unpaired) electrons. The van der Waals surface area contributed by atoms with Gasteiger partial charge in [-0.05, 0) is 39.4 Å². The molecule has 0 rings (SSSR count). The van der Waals surface area contributed by atoms with Gasteiger partial charge in [-0.15, -0.1) is 0 Å². The second kappa shape index (κ2) is 13.5. The van der Waals surface area contributed by atoms with Gasteiger partial charge >= 0.3 is 0 Å². The van der Waals surface area contributed by atoms with Crippen LogP contribution in [-0.4, -0.2) is 38.0 Å². The van der Waals surface area contributed by atoms with Crippen LogP contribution in [0.5, 0.6) is 0 Å². The van der Waals surface area contributed by atoms with Crippen LogP contribution in [-0.2, 0) is 4.79 Å². The standard InChI is InChI=1S/C10H22N2O.C4H10/c1-4-10(13)11-8-6-5-7-9-12(2)3;1-4(2)3/h4-9H2,1-3H3,(H,11,13);4H,1-3H3. The molecule has 17 heavy (non-hydrogen) atoms. The lowest BCUT2D eigenvalue weighted by molar-refractivity contribution is -0.120. The third-order valence-corrected chi connectivity index (χ3v) is 1.93. The molecule has 0 fully saturated rings. The van der Waals surface area contributed by atoms with Gasteiger partial charge in [-0.3, -0.25) is 4.79 Å². The lowest BCUT2D eigenvalue weighted by Crippen LogP contribution is -2.23. The van der Waals surface area contributed by atoms with Gasteiger partial charge in [0, 0.05) is 13.0 Å². The van der Waals surface area contributed by atoms with E-state index in [2.05, 4.69) is 45.1 Å². The SMILES string of the molecule is CC(C)C.CCC(=O)NCCCCCN(C)C. The molecule has 1 amide bonds. The Bertz CT molecular complexity index is 165. The maximum absolute atomic E-state index is 10.8. The maximum atomic E-state index is 10.8. The molecule has 0 saturated carbocycles. The molecule has 3 heteroatoms. The molecule has 0 spiro atoms. The molecule has 0 aliphatic heterocycles. The molecule has 0 aromatic carbocycles. The molecule has 0 aromatic rings. The summed E-state index contributed by atoms with van der Waals surface area (Å²) >= 11 is 0. The van der Waals surface area contributed by atoms with Crippen LogP contribution in [0, 0.1) is 5.92 Å². The Hall–Kier alpha value is -0.570. The van der Waals surface area contributed by atoms with Gasteiger partial charge in [0.15, 0.2) is 0 Å². The van der Waals surface area contributed by atoms with E-state index < -0.39 is 0 Å². The van der Waals surface area contributed by atoms with Crippen molar-refractivity contribution >= 4 is 5.91 Å². The highest BCUT2D eigenvalue weighted by Crippen LogP contribution is 1.94. The van der Waals surface area contributed by atoms with Crippen LogP contribution < -0.4 is 5.32 Å². The Morgan fingerprint density at radius 1 is 1.12 bits per heavy atom. The van der Waals surface area contributed by atoms with Crippen LogP contribution in [0.2, 0.25) is 0 Å². The normalized spacial score (nSPS) is 10.1. The summed E-state index contributed by atoms with van der Waals surface area (Å²) in [5.41, 5.74) is 0. The van der Waals surface area contributed by atoms with Crippen molar-refractivity contribution in [2.24, 2.45) is 5.92 Å². The van der Waals surface area contributed by atoms with Gasteiger partial charge in [0.2, 0.25) is 5.91 Å². The predicted molar refractivity (Wildman–Crippen MR) is 76.2 cm³/mol.